The summed E-state index contributed by atoms with van der Waals surface area (Å²) in [6.07, 6.45) is -5.27. The molecule has 4 N–H and O–H groups in total. The summed E-state index contributed by atoms with van der Waals surface area (Å²) >= 11 is 1.28. The highest BCUT2D eigenvalue weighted by atomic mass is 32.1. The standard InChI is InChI=1S/C79H101N7O19S/c1-14-38-99-76(94)48(7)39-54(40-52-26-18-17-19-27-52)81-72(91)61-45-106-74(83-61)65(98-16-3)42-62(46(4)5)85(11)75(93)67(47(6)15-2)84-73(92)63-32-24-25-37-86(63,12)43-53-33-34-64(104-78-71(103-51(10)89)69(102-50(9)88)68(101-49(8)87)70(105-78)77(95)97-13)60(41-53)82-66(90)35-36-80-79(96)100-44-59-57-30-22-20-28-55(57)56-29-21-23-31-58(56)59/h14,17-23,26-31,33-34,41,45-48,54,59,62-63,65,67-71,78H,1,15-16,24-25,32,35-40,42-44H2,2-13H3,(H3-,80,81,82,84,90,91,92,96)/p+1/t47-,48-,54+,62+,63+,65+,67-,68-,69+,70-,71-,78+,86?/m0/s1. The fourth-order valence-electron chi connectivity index (χ4n) is 14.2. The normalized spacial score (nSPS) is 20.6. The number of esters is 5. The summed E-state index contributed by atoms with van der Waals surface area (Å²) in [5.74, 6) is -7.07. The van der Waals surface area contributed by atoms with Gasteiger partial charge in [0.15, 0.2) is 24.4 Å². The lowest BCUT2D eigenvalue weighted by Crippen LogP contribution is -2.64. The Hall–Kier alpha value is -9.57. The van der Waals surface area contributed by atoms with Gasteiger partial charge in [-0.15, -0.1) is 11.3 Å². The maximum absolute atomic E-state index is 15.2. The van der Waals surface area contributed by atoms with Crippen LogP contribution >= 0.6 is 11.3 Å². The van der Waals surface area contributed by atoms with E-state index < -0.39 is 115 Å². The summed E-state index contributed by atoms with van der Waals surface area (Å²) in [5, 5.41) is 14.1. The lowest BCUT2D eigenvalue weighted by molar-refractivity contribution is -0.942. The molecule has 4 aromatic carbocycles. The molecule has 5 amide bonds. The molecule has 1 aromatic heterocycles. The molecule has 0 saturated carbocycles. The van der Waals surface area contributed by atoms with Gasteiger partial charge in [-0.1, -0.05) is 133 Å². The van der Waals surface area contributed by atoms with Crippen LogP contribution in [0.2, 0.25) is 0 Å². The van der Waals surface area contributed by atoms with E-state index in [1.807, 2.05) is 121 Å². The van der Waals surface area contributed by atoms with Gasteiger partial charge < -0.3 is 73.3 Å². The van der Waals surface area contributed by atoms with Gasteiger partial charge >= 0.3 is 35.9 Å². The molecule has 27 heteroatoms. The molecule has 13 atom stereocenters. The summed E-state index contributed by atoms with van der Waals surface area (Å²) in [6, 6.07) is 27.8. The molecule has 5 aromatic rings. The summed E-state index contributed by atoms with van der Waals surface area (Å²) in [7, 11) is 4.75. The van der Waals surface area contributed by atoms with Crippen molar-refractivity contribution in [2.45, 2.75) is 187 Å². The molecule has 8 rings (SSSR count). The van der Waals surface area contributed by atoms with Gasteiger partial charge in [-0.3, -0.25) is 38.4 Å². The number of fused-ring (bicyclic) bond motifs is 3. The minimum atomic E-state index is -1.80. The van der Waals surface area contributed by atoms with E-state index in [-0.39, 0.29) is 83.9 Å². The zero-order chi connectivity index (χ0) is 76.9. The van der Waals surface area contributed by atoms with E-state index in [9.17, 15) is 38.4 Å². The molecule has 1 unspecified atom stereocenters. The first-order valence-corrected chi connectivity index (χ1v) is 37.1. The lowest BCUT2D eigenvalue weighted by Gasteiger charge is -2.45. The number of aromatic nitrogens is 1. The molecule has 572 valence electrons. The molecule has 3 heterocycles. The van der Waals surface area contributed by atoms with Crippen molar-refractivity contribution >= 4 is 76.6 Å². The van der Waals surface area contributed by atoms with E-state index in [0.29, 0.717) is 62.2 Å². The van der Waals surface area contributed by atoms with E-state index in [2.05, 4.69) is 27.8 Å². The molecule has 2 fully saturated rings. The largest absolute Gasteiger partial charge is 0.467 e. The first-order chi connectivity index (χ1) is 50.7. The Bertz CT molecular complexity index is 3860. The molecule has 106 heavy (non-hydrogen) atoms. The summed E-state index contributed by atoms with van der Waals surface area (Å²) in [5.41, 5.74) is 5.97. The first-order valence-electron chi connectivity index (χ1n) is 36.2. The van der Waals surface area contributed by atoms with E-state index in [4.69, 9.17) is 47.6 Å². The molecule has 0 spiro atoms. The number of amides is 5. The van der Waals surface area contributed by atoms with Crippen LogP contribution in [-0.2, 0) is 89.2 Å². The third kappa shape index (κ3) is 21.6. The number of quaternary nitrogens is 1. The van der Waals surface area contributed by atoms with Gasteiger partial charge in [-0.25, -0.2) is 14.6 Å². The molecule has 0 bridgehead atoms. The zero-order valence-electron chi connectivity index (χ0n) is 62.6. The molecule has 1 aliphatic carbocycles. The van der Waals surface area contributed by atoms with Crippen molar-refractivity contribution in [3.8, 4) is 16.9 Å². The average molecular weight is 1490 g/mol. The van der Waals surface area contributed by atoms with Crippen molar-refractivity contribution in [3.05, 3.63) is 148 Å². The number of likely N-dealkylation sites (tertiary alicyclic amines) is 1. The smallest absolute Gasteiger partial charge is 0.407 e. The van der Waals surface area contributed by atoms with E-state index in [0.717, 1.165) is 62.1 Å². The molecule has 2 saturated heterocycles. The number of rotatable bonds is 35. The highest BCUT2D eigenvalue weighted by Crippen LogP contribution is 2.45. The Balaban J connectivity index is 1.01. The number of nitrogens with one attached hydrogen (secondary N) is 4. The average Bonchev–Trinajstić information content (AvgIpc) is 1.35. The van der Waals surface area contributed by atoms with Crippen LogP contribution in [0.25, 0.3) is 11.1 Å². The Morgan fingerprint density at radius 2 is 1.43 bits per heavy atom. The highest BCUT2D eigenvalue weighted by Gasteiger charge is 2.56. The second kappa shape index (κ2) is 38.6. The highest BCUT2D eigenvalue weighted by molar-refractivity contribution is 7.09. The van der Waals surface area contributed by atoms with Crippen LogP contribution in [-0.4, -0.2) is 183 Å². The third-order valence-corrected chi connectivity index (χ3v) is 20.6. The number of nitrogens with zero attached hydrogens (tertiary/aromatic N) is 3. The van der Waals surface area contributed by atoms with Gasteiger partial charge in [0.1, 0.15) is 48.4 Å². The lowest BCUT2D eigenvalue weighted by atomic mass is 9.92. The van der Waals surface area contributed by atoms with Crippen LogP contribution in [0.1, 0.15) is 157 Å². The van der Waals surface area contributed by atoms with Gasteiger partial charge in [0.05, 0.1) is 32.3 Å². The van der Waals surface area contributed by atoms with Gasteiger partial charge in [0, 0.05) is 89.2 Å². The second-order valence-corrected chi connectivity index (χ2v) is 28.7. The minimum Gasteiger partial charge on any atom is -0.467 e. The fraction of sp³-hybridized carbons (Fsp3) is 0.506. The van der Waals surface area contributed by atoms with Crippen LogP contribution in [0.3, 0.4) is 0 Å². The maximum atomic E-state index is 15.2. The second-order valence-electron chi connectivity index (χ2n) is 27.8. The number of methoxy groups -OCH3 is 1. The van der Waals surface area contributed by atoms with Crippen LogP contribution in [0.4, 0.5) is 10.5 Å². The predicted octanol–water partition coefficient (Wildman–Crippen LogP) is 9.86. The number of carbonyl (C=O) groups is 10. The number of alkyl carbamates (subject to hydrolysis) is 1. The monoisotopic (exact) mass is 1480 g/mol. The molecular weight excluding hydrogens is 1380 g/mol. The predicted molar refractivity (Wildman–Crippen MR) is 393 cm³/mol. The SMILES string of the molecule is C=CCOC(=O)[C@@H](C)C[C@H](Cc1ccccc1)NC(=O)c1csc([C@@H](C[C@H](C(C)C)N(C)C(=O)[C@@H](NC(=O)[C@H]2CCCC[N+]2(C)Cc2ccc(O[C@@H]3O[C@H](C(=O)OC)[C@@H](OC(C)=O)[C@@H](OC(C)=O)[C@@H]3OC(C)=O)c(NC(=O)CCNC(=O)OCC3c4ccccc4-c4ccccc43)c2)[C@@H](C)CC)OCC)n1. The Kier molecular flexibility index (Phi) is 29.9. The van der Waals surface area contributed by atoms with Gasteiger partial charge in [-0.2, -0.15) is 0 Å². The first kappa shape index (κ1) is 82.1. The summed E-state index contributed by atoms with van der Waals surface area (Å²) in [6.45, 7) is 19.3. The minimum absolute atomic E-state index is 0.0338. The van der Waals surface area contributed by atoms with Crippen LogP contribution in [0.15, 0.2) is 115 Å². The number of carbonyl (C=O) groups excluding carboxylic acids is 10. The number of hydrogen-bond donors (Lipinski definition) is 4. The van der Waals surface area contributed by atoms with E-state index in [1.165, 1.54) is 23.5 Å². The van der Waals surface area contributed by atoms with Crippen molar-refractivity contribution in [1.29, 1.82) is 0 Å². The van der Waals surface area contributed by atoms with Crippen LogP contribution < -0.4 is 26.0 Å². The fourth-order valence-corrected chi connectivity index (χ4v) is 15.0. The molecule has 2 aliphatic heterocycles. The van der Waals surface area contributed by atoms with E-state index in [1.54, 1.807) is 36.4 Å². The van der Waals surface area contributed by atoms with E-state index >= 15 is 9.59 Å². The Labute approximate surface area is 623 Å². The maximum Gasteiger partial charge on any atom is 0.407 e. The molecule has 26 nitrogen and oxygen atoms in total. The number of hydrogen-bond acceptors (Lipinski definition) is 21. The number of benzene rings is 4. The number of anilines is 1. The number of thiazole rings is 1. The zero-order valence-corrected chi connectivity index (χ0v) is 63.4. The number of ether oxygens (including phenoxy) is 9. The van der Waals surface area contributed by atoms with Gasteiger partial charge in [0.25, 0.3) is 11.8 Å². The van der Waals surface area contributed by atoms with Crippen molar-refractivity contribution in [2.24, 2.45) is 17.8 Å². The third-order valence-electron chi connectivity index (χ3n) is 19.6. The van der Waals surface area contributed by atoms with Crippen molar-refractivity contribution < 1.29 is 95.1 Å². The van der Waals surface area contributed by atoms with Crippen LogP contribution in [0.5, 0.6) is 5.75 Å². The number of likely N-dealkylation sites (N-methyl/N-ethyl adjacent to an activating group) is 2. The summed E-state index contributed by atoms with van der Waals surface area (Å²) < 4.78 is 51.9. The van der Waals surface area contributed by atoms with Gasteiger partial charge in [-0.05, 0) is 90.5 Å². The van der Waals surface area contributed by atoms with Crippen LogP contribution in [0, 0.1) is 17.8 Å². The van der Waals surface area contributed by atoms with Gasteiger partial charge in [0.2, 0.25) is 24.2 Å². The Morgan fingerprint density at radius 1 is 0.783 bits per heavy atom. The quantitative estimate of drug-likeness (QED) is 0.0127. The topological polar surface area (TPSA) is 318 Å². The van der Waals surface area contributed by atoms with Crippen molar-refractivity contribution in [3.63, 3.8) is 0 Å². The summed E-state index contributed by atoms with van der Waals surface area (Å²) in [4.78, 5) is 143. The van der Waals surface area contributed by atoms with Crippen molar-refractivity contribution in [2.75, 3.05) is 59.4 Å². The Morgan fingerprint density at radius 3 is 2.07 bits per heavy atom. The molecule has 3 aliphatic rings. The number of piperidine rings is 1. The van der Waals surface area contributed by atoms with Crippen molar-refractivity contribution in [1.82, 2.24) is 25.8 Å². The molecular formula is C79H102N7O19S+. The molecule has 0 radical (unpaired) electrons.